The highest BCUT2D eigenvalue weighted by Gasteiger charge is 2.29. The summed E-state index contributed by atoms with van der Waals surface area (Å²) >= 11 is 0. The van der Waals surface area contributed by atoms with Crippen molar-refractivity contribution in [3.63, 3.8) is 0 Å². The van der Waals surface area contributed by atoms with Gasteiger partial charge in [-0.15, -0.1) is 0 Å². The van der Waals surface area contributed by atoms with E-state index in [4.69, 9.17) is 9.84 Å². The summed E-state index contributed by atoms with van der Waals surface area (Å²) < 4.78 is 30.2. The van der Waals surface area contributed by atoms with Crippen molar-refractivity contribution in [3.8, 4) is 0 Å². The average molecular weight is 384 g/mol. The van der Waals surface area contributed by atoms with Crippen LogP contribution in [0.2, 0.25) is 0 Å². The summed E-state index contributed by atoms with van der Waals surface area (Å²) in [7, 11) is -3.19. The zero-order chi connectivity index (χ0) is 19.2. The van der Waals surface area contributed by atoms with Crippen LogP contribution in [0.3, 0.4) is 0 Å². The molecule has 1 fully saturated rings. The minimum Gasteiger partial charge on any atom is -0.394 e. The summed E-state index contributed by atoms with van der Waals surface area (Å²) in [6, 6.07) is 7.86. The Bertz CT molecular complexity index is 682. The Labute approximate surface area is 155 Å². The van der Waals surface area contributed by atoms with Crippen LogP contribution < -0.4 is 5.32 Å². The van der Waals surface area contributed by atoms with E-state index >= 15 is 0 Å². The normalized spacial score (nSPS) is 17.8. The smallest absolute Gasteiger partial charge is 0.223 e. The number of rotatable bonds is 8. The Balaban J connectivity index is 1.89. The van der Waals surface area contributed by atoms with Crippen molar-refractivity contribution in [2.75, 3.05) is 39.1 Å². The monoisotopic (exact) mass is 384 g/mol. The Morgan fingerprint density at radius 2 is 1.92 bits per heavy atom. The lowest BCUT2D eigenvalue weighted by Crippen LogP contribution is -2.43. The van der Waals surface area contributed by atoms with Gasteiger partial charge in [-0.25, -0.2) is 12.7 Å². The van der Waals surface area contributed by atoms with Crippen molar-refractivity contribution in [1.29, 1.82) is 0 Å². The maximum absolute atomic E-state index is 12.4. The van der Waals surface area contributed by atoms with Gasteiger partial charge in [-0.3, -0.25) is 4.79 Å². The largest absolute Gasteiger partial charge is 0.394 e. The molecule has 26 heavy (non-hydrogen) atoms. The minimum atomic E-state index is -3.19. The molecule has 2 N–H and O–H groups in total. The van der Waals surface area contributed by atoms with Crippen LogP contribution in [0.4, 0.5) is 0 Å². The fourth-order valence-corrected chi connectivity index (χ4v) is 3.91. The average Bonchev–Trinajstić information content (AvgIpc) is 2.62. The van der Waals surface area contributed by atoms with Gasteiger partial charge in [0.2, 0.25) is 15.9 Å². The fourth-order valence-electron chi connectivity index (χ4n) is 3.04. The lowest BCUT2D eigenvalue weighted by molar-refractivity contribution is -0.126. The molecule has 1 heterocycles. The van der Waals surface area contributed by atoms with Gasteiger partial charge < -0.3 is 15.2 Å². The predicted octanol–water partition coefficient (Wildman–Crippen LogP) is 0.833. The van der Waals surface area contributed by atoms with E-state index in [1.807, 2.05) is 31.2 Å². The number of hydrogen-bond donors (Lipinski definition) is 2. The fraction of sp³-hybridized carbons (Fsp3) is 0.611. The van der Waals surface area contributed by atoms with E-state index in [1.54, 1.807) is 0 Å². The molecule has 7 nitrogen and oxygen atoms in total. The number of carbonyl (C=O) groups excluding carboxylic acids is 1. The molecule has 0 radical (unpaired) electrons. The van der Waals surface area contributed by atoms with Crippen molar-refractivity contribution < 1.29 is 23.1 Å². The summed E-state index contributed by atoms with van der Waals surface area (Å²) in [5.41, 5.74) is 2.08. The van der Waals surface area contributed by atoms with Gasteiger partial charge >= 0.3 is 0 Å². The van der Waals surface area contributed by atoms with Crippen molar-refractivity contribution in [2.24, 2.45) is 5.92 Å². The quantitative estimate of drug-likeness (QED) is 0.692. The van der Waals surface area contributed by atoms with Gasteiger partial charge in [0.15, 0.2) is 0 Å². The molecular formula is C18H28N2O5S. The van der Waals surface area contributed by atoms with E-state index in [2.05, 4.69) is 5.32 Å². The number of aliphatic hydroxyl groups is 1. The number of benzene rings is 1. The molecule has 1 atom stereocenters. The summed E-state index contributed by atoms with van der Waals surface area (Å²) in [5.74, 6) is -0.271. The molecule has 1 aliphatic rings. The van der Waals surface area contributed by atoms with Crippen LogP contribution in [0, 0.1) is 12.8 Å². The molecular weight excluding hydrogens is 356 g/mol. The molecule has 1 saturated heterocycles. The maximum Gasteiger partial charge on any atom is 0.223 e. The van der Waals surface area contributed by atoms with E-state index in [-0.39, 0.29) is 31.1 Å². The van der Waals surface area contributed by atoms with E-state index < -0.39 is 10.0 Å². The number of amides is 1. The molecule has 1 aromatic carbocycles. The molecule has 0 aromatic heterocycles. The van der Waals surface area contributed by atoms with Gasteiger partial charge in [0.05, 0.1) is 25.6 Å². The summed E-state index contributed by atoms with van der Waals surface area (Å²) in [6.07, 6.45) is 1.90. The number of ether oxygens (including phenoxy) is 1. The number of hydrogen-bond acceptors (Lipinski definition) is 5. The molecule has 8 heteroatoms. The number of nitrogens with one attached hydrogen (secondary N) is 1. The van der Waals surface area contributed by atoms with Crippen LogP contribution in [0.15, 0.2) is 24.3 Å². The molecule has 1 aliphatic heterocycles. The van der Waals surface area contributed by atoms with Crippen molar-refractivity contribution in [3.05, 3.63) is 35.4 Å². The van der Waals surface area contributed by atoms with Crippen LogP contribution in [-0.2, 0) is 19.6 Å². The van der Waals surface area contributed by atoms with E-state index in [9.17, 15) is 13.2 Å². The van der Waals surface area contributed by atoms with Gasteiger partial charge in [0.25, 0.3) is 0 Å². The number of piperidine rings is 1. The first kappa shape index (κ1) is 20.8. The van der Waals surface area contributed by atoms with Crippen molar-refractivity contribution in [2.45, 2.75) is 25.9 Å². The first-order chi connectivity index (χ1) is 12.3. The third-order valence-electron chi connectivity index (χ3n) is 4.61. The molecule has 0 aliphatic carbocycles. The number of aryl methyl sites for hydroxylation is 1. The third kappa shape index (κ3) is 6.05. The van der Waals surface area contributed by atoms with Crippen LogP contribution in [0.25, 0.3) is 0 Å². The second-order valence-electron chi connectivity index (χ2n) is 6.68. The molecule has 0 unspecified atom stereocenters. The van der Waals surface area contributed by atoms with Gasteiger partial charge in [-0.1, -0.05) is 29.8 Å². The highest BCUT2D eigenvalue weighted by atomic mass is 32.2. The summed E-state index contributed by atoms with van der Waals surface area (Å²) in [5, 5.41) is 11.9. The standard InChI is InChI=1S/C18H28N2O5S/c1-14-3-5-15(6-4-14)17(25-12-11-21)13-19-18(22)16-7-9-20(10-8-16)26(2,23)24/h3-6,16-17,21H,7-13H2,1-2H3,(H,19,22)/t17-/m1/s1. The summed E-state index contributed by atoms with van der Waals surface area (Å²) in [4.78, 5) is 12.4. The number of sulfonamides is 1. The highest BCUT2D eigenvalue weighted by molar-refractivity contribution is 7.88. The zero-order valence-electron chi connectivity index (χ0n) is 15.3. The Kier molecular flexibility index (Phi) is 7.57. The molecule has 0 bridgehead atoms. The molecule has 146 valence electrons. The molecule has 2 rings (SSSR count). The third-order valence-corrected chi connectivity index (χ3v) is 5.92. The minimum absolute atomic E-state index is 0.0807. The SMILES string of the molecule is Cc1ccc([C@@H](CNC(=O)C2CCN(S(C)(=O)=O)CC2)OCCO)cc1. The van der Waals surface area contributed by atoms with Crippen LogP contribution in [0.1, 0.15) is 30.1 Å². The van der Waals surface area contributed by atoms with E-state index in [0.29, 0.717) is 32.5 Å². The summed E-state index contributed by atoms with van der Waals surface area (Å²) in [6.45, 7) is 3.17. The van der Waals surface area contributed by atoms with Gasteiger partial charge in [0.1, 0.15) is 0 Å². The highest BCUT2D eigenvalue weighted by Crippen LogP contribution is 2.21. The Morgan fingerprint density at radius 1 is 1.31 bits per heavy atom. The van der Waals surface area contributed by atoms with Crippen LogP contribution in [-0.4, -0.2) is 62.8 Å². The van der Waals surface area contributed by atoms with Crippen LogP contribution in [0.5, 0.6) is 0 Å². The van der Waals surface area contributed by atoms with Gasteiger partial charge in [-0.2, -0.15) is 0 Å². The van der Waals surface area contributed by atoms with Crippen molar-refractivity contribution in [1.82, 2.24) is 9.62 Å². The first-order valence-electron chi connectivity index (χ1n) is 8.83. The number of carbonyl (C=O) groups is 1. The number of aliphatic hydroxyl groups excluding tert-OH is 1. The molecule has 1 aromatic rings. The maximum atomic E-state index is 12.4. The molecule has 1 amide bonds. The van der Waals surface area contributed by atoms with Crippen molar-refractivity contribution >= 4 is 15.9 Å². The topological polar surface area (TPSA) is 95.9 Å². The predicted molar refractivity (Wildman–Crippen MR) is 99.1 cm³/mol. The van der Waals surface area contributed by atoms with Gasteiger partial charge in [0, 0.05) is 25.6 Å². The Morgan fingerprint density at radius 3 is 2.46 bits per heavy atom. The molecule has 0 saturated carbocycles. The van der Waals surface area contributed by atoms with E-state index in [1.165, 1.54) is 10.6 Å². The lowest BCUT2D eigenvalue weighted by atomic mass is 9.97. The zero-order valence-corrected chi connectivity index (χ0v) is 16.2. The van der Waals surface area contributed by atoms with E-state index in [0.717, 1.165) is 11.1 Å². The van der Waals surface area contributed by atoms with Gasteiger partial charge in [-0.05, 0) is 25.3 Å². The number of nitrogens with zero attached hydrogens (tertiary/aromatic N) is 1. The second kappa shape index (κ2) is 9.45. The lowest BCUT2D eigenvalue weighted by Gasteiger charge is -2.29. The first-order valence-corrected chi connectivity index (χ1v) is 10.7. The Hall–Kier alpha value is -1.48. The van der Waals surface area contributed by atoms with Crippen LogP contribution >= 0.6 is 0 Å². The molecule has 0 spiro atoms. The second-order valence-corrected chi connectivity index (χ2v) is 8.66.